The summed E-state index contributed by atoms with van der Waals surface area (Å²) in [6.45, 7) is 5.27. The van der Waals surface area contributed by atoms with E-state index in [1.54, 1.807) is 18.7 Å². The van der Waals surface area contributed by atoms with Gasteiger partial charge >= 0.3 is 0 Å². The monoisotopic (exact) mass is 406 g/mol. The Balaban J connectivity index is 1.55. The molecule has 9 heteroatoms. The number of hydrogen-bond acceptors (Lipinski definition) is 7. The lowest BCUT2D eigenvalue weighted by Gasteiger charge is -2.38. The third-order valence-corrected chi connectivity index (χ3v) is 6.10. The maximum absolute atomic E-state index is 11.8. The quantitative estimate of drug-likeness (QED) is 0.647. The summed E-state index contributed by atoms with van der Waals surface area (Å²) in [5, 5.41) is 6.73. The van der Waals surface area contributed by atoms with E-state index in [0.717, 1.165) is 59.5 Å². The second-order valence-corrected chi connectivity index (χ2v) is 8.42. The highest BCUT2D eigenvalue weighted by atomic mass is 16.1. The lowest BCUT2D eigenvalue weighted by molar-refractivity contribution is -0.123. The van der Waals surface area contributed by atoms with Crippen LogP contribution >= 0.6 is 0 Å². The highest BCUT2D eigenvalue weighted by Crippen LogP contribution is 2.41. The lowest BCUT2D eigenvalue weighted by atomic mass is 9.84. The Morgan fingerprint density at radius 3 is 2.70 bits per heavy atom. The minimum Gasteiger partial charge on any atom is -0.361 e. The third kappa shape index (κ3) is 3.48. The first-order valence-electron chi connectivity index (χ1n) is 10.6. The molecule has 1 atom stereocenters. The van der Waals surface area contributed by atoms with Gasteiger partial charge in [0, 0.05) is 31.9 Å². The summed E-state index contributed by atoms with van der Waals surface area (Å²) in [5.41, 5.74) is 2.18. The largest absolute Gasteiger partial charge is 0.361 e. The minimum absolute atomic E-state index is 0.118. The van der Waals surface area contributed by atoms with E-state index in [9.17, 15) is 4.79 Å². The molecule has 156 valence electrons. The van der Waals surface area contributed by atoms with Gasteiger partial charge in [-0.25, -0.2) is 24.9 Å². The van der Waals surface area contributed by atoms with Crippen LogP contribution < -0.4 is 10.6 Å². The predicted molar refractivity (Wildman–Crippen MR) is 113 cm³/mol. The Hall–Kier alpha value is -3.10. The summed E-state index contributed by atoms with van der Waals surface area (Å²) in [6.07, 6.45) is 10.1. The van der Waals surface area contributed by atoms with Crippen LogP contribution in [0.4, 0.5) is 5.82 Å². The Morgan fingerprint density at radius 1 is 1.23 bits per heavy atom. The van der Waals surface area contributed by atoms with E-state index in [-0.39, 0.29) is 11.4 Å². The number of fused-ring (bicyclic) bond motifs is 1. The molecule has 2 fully saturated rings. The maximum Gasteiger partial charge on any atom is 0.220 e. The van der Waals surface area contributed by atoms with Crippen molar-refractivity contribution in [3.8, 4) is 11.4 Å². The van der Waals surface area contributed by atoms with E-state index in [4.69, 9.17) is 4.98 Å². The second kappa shape index (κ2) is 7.30. The van der Waals surface area contributed by atoms with Crippen LogP contribution in [0.1, 0.15) is 44.9 Å². The van der Waals surface area contributed by atoms with Crippen molar-refractivity contribution in [2.75, 3.05) is 11.9 Å². The molecule has 0 radical (unpaired) electrons. The number of hydrogen-bond donors (Lipinski definition) is 2. The van der Waals surface area contributed by atoms with E-state index < -0.39 is 0 Å². The number of aryl methyl sites for hydroxylation is 2. The van der Waals surface area contributed by atoms with Gasteiger partial charge in [0.2, 0.25) is 5.91 Å². The van der Waals surface area contributed by atoms with Gasteiger partial charge in [0.05, 0.1) is 11.1 Å². The zero-order valence-electron chi connectivity index (χ0n) is 17.4. The molecule has 0 aromatic carbocycles. The van der Waals surface area contributed by atoms with Crippen LogP contribution in [0.5, 0.6) is 0 Å². The molecular weight excluding hydrogens is 380 g/mol. The standard InChI is InChI=1S/C21H26N8O/c1-3-29-19(15-9-22-13(2)23-10-15)27-17-18(25-12-26-20(17)29)28-21(8-14-4-5-14)7-6-16(30)24-11-21/h9-10,12,14H,3-8,11H2,1-2H3,(H,24,30)(H,25,26,28). The van der Waals surface area contributed by atoms with Crippen LogP contribution in [0.2, 0.25) is 0 Å². The number of anilines is 1. The first-order chi connectivity index (χ1) is 14.6. The number of imidazole rings is 1. The molecule has 3 aromatic rings. The van der Waals surface area contributed by atoms with Crippen LogP contribution in [0.25, 0.3) is 22.6 Å². The summed E-state index contributed by atoms with van der Waals surface area (Å²) in [4.78, 5) is 34.4. The fourth-order valence-corrected chi connectivity index (χ4v) is 4.31. The number of aromatic nitrogens is 6. The van der Waals surface area contributed by atoms with E-state index in [1.807, 2.05) is 6.92 Å². The van der Waals surface area contributed by atoms with Gasteiger partial charge in [0.25, 0.3) is 0 Å². The summed E-state index contributed by atoms with van der Waals surface area (Å²) in [7, 11) is 0. The highest BCUT2D eigenvalue weighted by molar-refractivity contribution is 5.87. The summed E-state index contributed by atoms with van der Waals surface area (Å²) < 4.78 is 2.06. The van der Waals surface area contributed by atoms with Crippen LogP contribution in [-0.2, 0) is 11.3 Å². The molecule has 1 amide bonds. The molecule has 9 nitrogen and oxygen atoms in total. The average molecular weight is 406 g/mol. The molecule has 1 aliphatic carbocycles. The van der Waals surface area contributed by atoms with E-state index in [1.165, 1.54) is 12.8 Å². The van der Waals surface area contributed by atoms with E-state index in [0.29, 0.717) is 13.0 Å². The molecule has 5 rings (SSSR count). The van der Waals surface area contributed by atoms with Crippen LogP contribution in [0.3, 0.4) is 0 Å². The average Bonchev–Trinajstić information content (AvgIpc) is 3.47. The van der Waals surface area contributed by atoms with Crippen LogP contribution in [-0.4, -0.2) is 47.5 Å². The van der Waals surface area contributed by atoms with Gasteiger partial charge in [-0.15, -0.1) is 0 Å². The van der Waals surface area contributed by atoms with Crippen molar-refractivity contribution in [3.05, 3.63) is 24.5 Å². The number of carbonyl (C=O) groups is 1. The molecule has 1 saturated carbocycles. The molecule has 2 aliphatic rings. The second-order valence-electron chi connectivity index (χ2n) is 8.42. The van der Waals surface area contributed by atoms with Crippen molar-refractivity contribution in [3.63, 3.8) is 0 Å². The topological polar surface area (TPSA) is 111 Å². The lowest BCUT2D eigenvalue weighted by Crippen LogP contribution is -2.53. The van der Waals surface area contributed by atoms with Gasteiger partial charge in [0.1, 0.15) is 18.0 Å². The minimum atomic E-state index is -0.195. The van der Waals surface area contributed by atoms with Gasteiger partial charge in [-0.3, -0.25) is 4.79 Å². The molecule has 1 aliphatic heterocycles. The van der Waals surface area contributed by atoms with Gasteiger partial charge in [-0.2, -0.15) is 0 Å². The van der Waals surface area contributed by atoms with Crippen LogP contribution in [0.15, 0.2) is 18.7 Å². The molecule has 0 bridgehead atoms. The number of rotatable bonds is 6. The number of nitrogens with zero attached hydrogens (tertiary/aromatic N) is 6. The Bertz CT molecular complexity index is 1080. The maximum atomic E-state index is 11.8. The van der Waals surface area contributed by atoms with Gasteiger partial charge in [0.15, 0.2) is 17.0 Å². The normalized spacial score (nSPS) is 21.6. The molecule has 1 saturated heterocycles. The molecule has 30 heavy (non-hydrogen) atoms. The predicted octanol–water partition coefficient (Wildman–Crippen LogP) is 2.47. The van der Waals surface area contributed by atoms with Crippen molar-refractivity contribution in [1.29, 1.82) is 0 Å². The fraction of sp³-hybridized carbons (Fsp3) is 0.524. The molecule has 0 spiro atoms. The number of piperidine rings is 1. The van der Waals surface area contributed by atoms with Gasteiger partial charge in [-0.1, -0.05) is 12.8 Å². The van der Waals surface area contributed by atoms with Gasteiger partial charge in [-0.05, 0) is 32.6 Å². The molecule has 1 unspecified atom stereocenters. The highest BCUT2D eigenvalue weighted by Gasteiger charge is 2.40. The molecular formula is C21H26N8O. The zero-order valence-corrected chi connectivity index (χ0v) is 17.4. The van der Waals surface area contributed by atoms with Crippen molar-refractivity contribution < 1.29 is 4.79 Å². The Labute approximate surface area is 174 Å². The van der Waals surface area contributed by atoms with Crippen molar-refractivity contribution in [1.82, 2.24) is 34.8 Å². The number of amides is 1. The van der Waals surface area contributed by atoms with E-state index in [2.05, 4.69) is 42.1 Å². The summed E-state index contributed by atoms with van der Waals surface area (Å²) >= 11 is 0. The third-order valence-electron chi connectivity index (χ3n) is 6.10. The Kier molecular flexibility index (Phi) is 4.60. The summed E-state index contributed by atoms with van der Waals surface area (Å²) in [6, 6.07) is 0. The smallest absolute Gasteiger partial charge is 0.220 e. The van der Waals surface area contributed by atoms with Crippen LogP contribution in [0, 0.1) is 12.8 Å². The fourth-order valence-electron chi connectivity index (χ4n) is 4.31. The first-order valence-corrected chi connectivity index (χ1v) is 10.6. The zero-order chi connectivity index (χ0) is 20.7. The van der Waals surface area contributed by atoms with Crippen molar-refractivity contribution in [2.24, 2.45) is 5.92 Å². The number of nitrogens with one attached hydrogen (secondary N) is 2. The number of carbonyl (C=O) groups excluding carboxylic acids is 1. The summed E-state index contributed by atoms with van der Waals surface area (Å²) in [5.74, 6) is 3.07. The molecule has 2 N–H and O–H groups in total. The van der Waals surface area contributed by atoms with Crippen molar-refractivity contribution in [2.45, 2.75) is 58.0 Å². The first kappa shape index (κ1) is 18.9. The Morgan fingerprint density at radius 2 is 2.03 bits per heavy atom. The van der Waals surface area contributed by atoms with Crippen molar-refractivity contribution >= 4 is 22.9 Å². The molecule has 4 heterocycles. The van der Waals surface area contributed by atoms with Gasteiger partial charge < -0.3 is 15.2 Å². The van der Waals surface area contributed by atoms with E-state index >= 15 is 0 Å². The molecule has 3 aromatic heterocycles. The SMILES string of the molecule is CCn1c(-c2cnc(C)nc2)nc2c(NC3(CC4CC4)CCC(=O)NC3)ncnc21.